The number of nitriles is 1. The fraction of sp³-hybridized carbons (Fsp3) is 0.200. The Balaban J connectivity index is 1.97. The molecule has 90 valence electrons. The van der Waals surface area contributed by atoms with Gasteiger partial charge in [-0.3, -0.25) is 4.98 Å². The van der Waals surface area contributed by atoms with Crippen LogP contribution in [0.2, 0.25) is 0 Å². The Morgan fingerprint density at radius 2 is 2.17 bits per heavy atom. The van der Waals surface area contributed by atoms with Gasteiger partial charge in [0.25, 0.3) is 0 Å². The molecule has 0 aliphatic heterocycles. The minimum Gasteiger partial charge on any atom is -0.305 e. The number of aromatic nitrogens is 1. The summed E-state index contributed by atoms with van der Waals surface area (Å²) in [6, 6.07) is 15.9. The highest BCUT2D eigenvalue weighted by Gasteiger charge is 2.05. The SMILES string of the molecule is C[C@H](NCc1cccc(C#N)c1)c1ccccn1. The van der Waals surface area contributed by atoms with E-state index in [1.54, 1.807) is 6.20 Å². The molecule has 0 fully saturated rings. The molecule has 1 aromatic carbocycles. The third-order valence-corrected chi connectivity index (χ3v) is 2.80. The Kier molecular flexibility index (Phi) is 4.06. The van der Waals surface area contributed by atoms with Gasteiger partial charge in [0.1, 0.15) is 0 Å². The van der Waals surface area contributed by atoms with E-state index in [2.05, 4.69) is 23.3 Å². The molecule has 0 spiro atoms. The average Bonchev–Trinajstić information content (AvgIpc) is 2.46. The van der Waals surface area contributed by atoms with Gasteiger partial charge >= 0.3 is 0 Å². The number of rotatable bonds is 4. The zero-order valence-corrected chi connectivity index (χ0v) is 10.3. The van der Waals surface area contributed by atoms with Crippen LogP contribution in [-0.4, -0.2) is 4.98 Å². The van der Waals surface area contributed by atoms with Crippen molar-refractivity contribution in [1.29, 1.82) is 5.26 Å². The van der Waals surface area contributed by atoms with Crippen molar-refractivity contribution in [2.24, 2.45) is 0 Å². The predicted molar refractivity (Wildman–Crippen MR) is 70.6 cm³/mol. The molecule has 0 saturated heterocycles. The Morgan fingerprint density at radius 3 is 2.89 bits per heavy atom. The summed E-state index contributed by atoms with van der Waals surface area (Å²) in [5, 5.41) is 12.2. The van der Waals surface area contributed by atoms with Crippen LogP contribution in [0.15, 0.2) is 48.7 Å². The molecule has 0 unspecified atom stereocenters. The summed E-state index contributed by atoms with van der Waals surface area (Å²) in [6.07, 6.45) is 1.80. The lowest BCUT2D eigenvalue weighted by molar-refractivity contribution is 0.561. The van der Waals surface area contributed by atoms with Gasteiger partial charge < -0.3 is 5.32 Å². The molecule has 1 aromatic heterocycles. The maximum Gasteiger partial charge on any atom is 0.0991 e. The second-order valence-corrected chi connectivity index (χ2v) is 4.17. The van der Waals surface area contributed by atoms with Crippen molar-refractivity contribution in [2.45, 2.75) is 19.5 Å². The van der Waals surface area contributed by atoms with Gasteiger partial charge in [-0.05, 0) is 36.8 Å². The second-order valence-electron chi connectivity index (χ2n) is 4.17. The molecule has 0 aliphatic carbocycles. The zero-order chi connectivity index (χ0) is 12.8. The molecular formula is C15H15N3. The smallest absolute Gasteiger partial charge is 0.0991 e. The molecule has 18 heavy (non-hydrogen) atoms. The molecule has 3 heteroatoms. The van der Waals surface area contributed by atoms with E-state index in [0.717, 1.165) is 17.8 Å². The molecule has 1 heterocycles. The highest BCUT2D eigenvalue weighted by Crippen LogP contribution is 2.10. The number of pyridine rings is 1. The monoisotopic (exact) mass is 237 g/mol. The first-order valence-electron chi connectivity index (χ1n) is 5.93. The lowest BCUT2D eigenvalue weighted by Gasteiger charge is -2.13. The number of benzene rings is 1. The van der Waals surface area contributed by atoms with Crippen molar-refractivity contribution in [3.63, 3.8) is 0 Å². The largest absolute Gasteiger partial charge is 0.305 e. The maximum absolute atomic E-state index is 8.84. The average molecular weight is 237 g/mol. The van der Waals surface area contributed by atoms with E-state index in [4.69, 9.17) is 5.26 Å². The van der Waals surface area contributed by atoms with Gasteiger partial charge in [0.05, 0.1) is 17.3 Å². The lowest BCUT2D eigenvalue weighted by Crippen LogP contribution is -2.18. The fourth-order valence-corrected chi connectivity index (χ4v) is 1.76. The Labute approximate surface area is 107 Å². The van der Waals surface area contributed by atoms with Crippen LogP contribution in [0.25, 0.3) is 0 Å². The summed E-state index contributed by atoms with van der Waals surface area (Å²) in [7, 11) is 0. The van der Waals surface area contributed by atoms with Crippen LogP contribution in [0.5, 0.6) is 0 Å². The molecule has 2 rings (SSSR count). The van der Waals surface area contributed by atoms with Crippen molar-refractivity contribution in [3.05, 3.63) is 65.5 Å². The first-order chi connectivity index (χ1) is 8.79. The van der Waals surface area contributed by atoms with Crippen molar-refractivity contribution < 1.29 is 0 Å². The van der Waals surface area contributed by atoms with Crippen LogP contribution >= 0.6 is 0 Å². The zero-order valence-electron chi connectivity index (χ0n) is 10.3. The first-order valence-corrected chi connectivity index (χ1v) is 5.93. The Bertz CT molecular complexity index is 543. The summed E-state index contributed by atoms with van der Waals surface area (Å²) in [6.45, 7) is 2.81. The maximum atomic E-state index is 8.84. The normalized spacial score (nSPS) is 11.8. The summed E-state index contributed by atoms with van der Waals surface area (Å²) in [5.41, 5.74) is 2.82. The standard InChI is InChI=1S/C15H15N3/c1-12(15-7-2-3-8-17-15)18-11-14-6-4-5-13(9-14)10-16/h2-9,12,18H,11H2,1H3/t12-/m0/s1. The molecule has 0 bridgehead atoms. The minimum absolute atomic E-state index is 0.192. The minimum atomic E-state index is 0.192. The van der Waals surface area contributed by atoms with Crippen LogP contribution in [0.4, 0.5) is 0 Å². The van der Waals surface area contributed by atoms with Gasteiger partial charge in [0, 0.05) is 18.8 Å². The van der Waals surface area contributed by atoms with Crippen LogP contribution in [0, 0.1) is 11.3 Å². The molecule has 0 saturated carbocycles. The molecule has 0 radical (unpaired) electrons. The summed E-state index contributed by atoms with van der Waals surface area (Å²) in [5.74, 6) is 0. The van der Waals surface area contributed by atoms with E-state index in [1.807, 2.05) is 42.5 Å². The first kappa shape index (κ1) is 12.3. The van der Waals surface area contributed by atoms with E-state index in [1.165, 1.54) is 0 Å². The third-order valence-electron chi connectivity index (χ3n) is 2.80. The van der Waals surface area contributed by atoms with Crippen molar-refractivity contribution >= 4 is 0 Å². The highest BCUT2D eigenvalue weighted by atomic mass is 14.9. The van der Waals surface area contributed by atoms with E-state index in [-0.39, 0.29) is 6.04 Å². The van der Waals surface area contributed by atoms with Gasteiger partial charge in [-0.15, -0.1) is 0 Å². The molecule has 0 aliphatic rings. The number of hydrogen-bond acceptors (Lipinski definition) is 3. The highest BCUT2D eigenvalue weighted by molar-refractivity contribution is 5.32. The van der Waals surface area contributed by atoms with Gasteiger partial charge in [-0.2, -0.15) is 5.26 Å². The number of nitrogens with one attached hydrogen (secondary N) is 1. The molecular weight excluding hydrogens is 222 g/mol. The van der Waals surface area contributed by atoms with Gasteiger partial charge in [0.2, 0.25) is 0 Å². The molecule has 0 amide bonds. The summed E-state index contributed by atoms with van der Waals surface area (Å²) < 4.78 is 0. The molecule has 1 N–H and O–H groups in total. The molecule has 3 nitrogen and oxygen atoms in total. The molecule has 2 aromatic rings. The van der Waals surface area contributed by atoms with E-state index in [0.29, 0.717) is 5.56 Å². The van der Waals surface area contributed by atoms with Crippen LogP contribution < -0.4 is 5.32 Å². The summed E-state index contributed by atoms with van der Waals surface area (Å²) >= 11 is 0. The van der Waals surface area contributed by atoms with Crippen molar-refractivity contribution in [2.75, 3.05) is 0 Å². The van der Waals surface area contributed by atoms with Gasteiger partial charge in [-0.1, -0.05) is 18.2 Å². The quantitative estimate of drug-likeness (QED) is 0.889. The number of nitrogens with zero attached hydrogens (tertiary/aromatic N) is 2. The van der Waals surface area contributed by atoms with E-state index >= 15 is 0 Å². The third kappa shape index (κ3) is 3.16. The van der Waals surface area contributed by atoms with E-state index in [9.17, 15) is 0 Å². The van der Waals surface area contributed by atoms with Crippen LogP contribution in [0.3, 0.4) is 0 Å². The van der Waals surface area contributed by atoms with Crippen molar-refractivity contribution in [1.82, 2.24) is 10.3 Å². The van der Waals surface area contributed by atoms with E-state index < -0.39 is 0 Å². The van der Waals surface area contributed by atoms with Crippen LogP contribution in [-0.2, 0) is 6.54 Å². The second kappa shape index (κ2) is 5.95. The van der Waals surface area contributed by atoms with Gasteiger partial charge in [-0.25, -0.2) is 0 Å². The van der Waals surface area contributed by atoms with Gasteiger partial charge in [0.15, 0.2) is 0 Å². The van der Waals surface area contributed by atoms with Crippen LogP contribution in [0.1, 0.15) is 29.8 Å². The molecule has 1 atom stereocenters. The lowest BCUT2D eigenvalue weighted by atomic mass is 10.1. The predicted octanol–water partition coefficient (Wildman–Crippen LogP) is 2.80. The number of hydrogen-bond donors (Lipinski definition) is 1. The topological polar surface area (TPSA) is 48.7 Å². The Morgan fingerprint density at radius 1 is 1.28 bits per heavy atom. The van der Waals surface area contributed by atoms with Crippen molar-refractivity contribution in [3.8, 4) is 6.07 Å². The summed E-state index contributed by atoms with van der Waals surface area (Å²) in [4.78, 5) is 4.31. The fourth-order valence-electron chi connectivity index (χ4n) is 1.76. The Hall–Kier alpha value is -2.18.